The van der Waals surface area contributed by atoms with Gasteiger partial charge in [0.25, 0.3) is 0 Å². The van der Waals surface area contributed by atoms with Crippen molar-refractivity contribution in [3.63, 3.8) is 0 Å². The van der Waals surface area contributed by atoms with Crippen molar-refractivity contribution in [1.29, 1.82) is 0 Å². The highest BCUT2D eigenvalue weighted by Crippen LogP contribution is 2.43. The van der Waals surface area contributed by atoms with Gasteiger partial charge in [-0.05, 0) is 12.8 Å². The Kier molecular flexibility index (Phi) is 35.8. The van der Waals surface area contributed by atoms with Gasteiger partial charge in [0.05, 0.1) is 39.9 Å². The monoisotopic (exact) mass is 762 g/mol. The molecule has 9 heteroatoms. The van der Waals surface area contributed by atoms with Gasteiger partial charge in [0.1, 0.15) is 13.2 Å². The molecule has 0 rings (SSSR count). The second kappa shape index (κ2) is 36.2. The van der Waals surface area contributed by atoms with Gasteiger partial charge in [0.2, 0.25) is 5.91 Å². The summed E-state index contributed by atoms with van der Waals surface area (Å²) in [6, 6.07) is -0.751. The Balaban J connectivity index is 4.21. The fraction of sp³-hybridized carbons (Fsp3) is 0.977. The van der Waals surface area contributed by atoms with Crippen molar-refractivity contribution in [3.05, 3.63) is 0 Å². The highest BCUT2D eigenvalue weighted by Gasteiger charge is 2.28. The molecule has 0 spiro atoms. The smallest absolute Gasteiger partial charge is 0.391 e. The highest BCUT2D eigenvalue weighted by molar-refractivity contribution is 7.47. The van der Waals surface area contributed by atoms with E-state index in [1.165, 1.54) is 154 Å². The van der Waals surface area contributed by atoms with E-state index < -0.39 is 20.0 Å². The van der Waals surface area contributed by atoms with E-state index in [1.807, 2.05) is 21.1 Å². The summed E-state index contributed by atoms with van der Waals surface area (Å²) >= 11 is 0. The number of unbranched alkanes of at least 4 members (excludes halogenated alkanes) is 28. The lowest BCUT2D eigenvalue weighted by molar-refractivity contribution is -0.870. The lowest BCUT2D eigenvalue weighted by atomic mass is 10.0. The molecule has 0 bridgehead atoms. The first-order valence-electron chi connectivity index (χ1n) is 22.4. The van der Waals surface area contributed by atoms with Crippen molar-refractivity contribution in [2.45, 2.75) is 231 Å². The number of carbonyl (C=O) groups is 1. The van der Waals surface area contributed by atoms with Crippen molar-refractivity contribution in [2.24, 2.45) is 0 Å². The van der Waals surface area contributed by atoms with Crippen LogP contribution in [0.4, 0.5) is 0 Å². The van der Waals surface area contributed by atoms with Crippen molar-refractivity contribution < 1.29 is 32.9 Å². The summed E-state index contributed by atoms with van der Waals surface area (Å²) in [5, 5.41) is 13.9. The maximum atomic E-state index is 12.9. The predicted octanol–water partition coefficient (Wildman–Crippen LogP) is 12.2. The lowest BCUT2D eigenvalue weighted by Gasteiger charge is -2.26. The van der Waals surface area contributed by atoms with E-state index >= 15 is 0 Å². The average molecular weight is 762 g/mol. The van der Waals surface area contributed by atoms with Gasteiger partial charge in [-0.1, -0.05) is 200 Å². The molecule has 8 nitrogen and oxygen atoms in total. The number of phosphoric ester groups is 1. The molecule has 3 atom stereocenters. The second-order valence-electron chi connectivity index (χ2n) is 16.8. The Morgan fingerprint density at radius 1 is 0.577 bits per heavy atom. The molecule has 0 heterocycles. The van der Waals surface area contributed by atoms with Crippen LogP contribution in [-0.2, 0) is 18.4 Å². The van der Waals surface area contributed by atoms with E-state index in [1.54, 1.807) is 0 Å². The molecule has 0 aliphatic rings. The largest absolute Gasteiger partial charge is 0.472 e. The van der Waals surface area contributed by atoms with E-state index in [0.717, 1.165) is 38.5 Å². The third kappa shape index (κ3) is 37.8. The van der Waals surface area contributed by atoms with Crippen molar-refractivity contribution in [3.8, 4) is 0 Å². The Labute approximate surface area is 323 Å². The van der Waals surface area contributed by atoms with E-state index in [0.29, 0.717) is 23.9 Å². The molecular formula is C43H90N2O6P+. The van der Waals surface area contributed by atoms with E-state index in [9.17, 15) is 19.4 Å². The van der Waals surface area contributed by atoms with Crippen molar-refractivity contribution in [1.82, 2.24) is 5.32 Å². The first-order chi connectivity index (χ1) is 25.0. The molecular weight excluding hydrogens is 671 g/mol. The van der Waals surface area contributed by atoms with Crippen LogP contribution in [0.3, 0.4) is 0 Å². The minimum Gasteiger partial charge on any atom is -0.391 e. The standard InChI is InChI=1S/C43H89N2O6P/c1-6-8-10-12-14-16-18-19-20-21-22-23-24-25-26-27-29-31-33-35-37-43(47)44-41(40-51-52(48,49)50-39-38-45(3,4)5)42(46)36-34-32-30-28-17-15-13-11-9-7-2/h41-42,46H,6-40H2,1-5H3,(H-,44,47,48,49)/p+1. The van der Waals surface area contributed by atoms with E-state index in [4.69, 9.17) is 9.05 Å². The predicted molar refractivity (Wildman–Crippen MR) is 222 cm³/mol. The molecule has 3 unspecified atom stereocenters. The number of likely N-dealkylation sites (N-methyl/N-ethyl adjacent to an activating group) is 1. The van der Waals surface area contributed by atoms with Crippen LogP contribution in [0.1, 0.15) is 219 Å². The molecule has 0 saturated carbocycles. The summed E-state index contributed by atoms with van der Waals surface area (Å²) < 4.78 is 23.6. The maximum Gasteiger partial charge on any atom is 0.472 e. The maximum absolute atomic E-state index is 12.9. The molecule has 312 valence electrons. The van der Waals surface area contributed by atoms with Crippen LogP contribution in [0.25, 0.3) is 0 Å². The number of phosphoric acid groups is 1. The molecule has 3 N–H and O–H groups in total. The molecule has 0 aliphatic carbocycles. The molecule has 0 fully saturated rings. The Bertz CT molecular complexity index is 824. The zero-order valence-corrected chi connectivity index (χ0v) is 36.2. The first-order valence-corrected chi connectivity index (χ1v) is 23.9. The normalized spacial score (nSPS) is 14.4. The third-order valence-electron chi connectivity index (χ3n) is 10.4. The minimum atomic E-state index is -4.30. The van der Waals surface area contributed by atoms with Gasteiger partial charge in [-0.3, -0.25) is 13.8 Å². The minimum absolute atomic E-state index is 0.0783. The number of carbonyl (C=O) groups excluding carboxylic acids is 1. The van der Waals surface area contributed by atoms with Gasteiger partial charge >= 0.3 is 7.82 Å². The average Bonchev–Trinajstić information content (AvgIpc) is 3.09. The summed E-state index contributed by atoms with van der Waals surface area (Å²) in [7, 11) is 1.63. The van der Waals surface area contributed by atoms with Crippen LogP contribution in [0.5, 0.6) is 0 Å². The van der Waals surface area contributed by atoms with Crippen LogP contribution in [0.15, 0.2) is 0 Å². The second-order valence-corrected chi connectivity index (χ2v) is 18.2. The molecule has 0 saturated heterocycles. The molecule has 0 radical (unpaired) electrons. The van der Waals surface area contributed by atoms with Gasteiger partial charge in [-0.15, -0.1) is 0 Å². The van der Waals surface area contributed by atoms with E-state index in [-0.39, 0.29) is 19.1 Å². The number of amides is 1. The number of hydrogen-bond acceptors (Lipinski definition) is 5. The van der Waals surface area contributed by atoms with Crippen LogP contribution in [0, 0.1) is 0 Å². The van der Waals surface area contributed by atoms with Gasteiger partial charge < -0.3 is 19.8 Å². The number of aliphatic hydroxyl groups excluding tert-OH is 1. The van der Waals surface area contributed by atoms with Gasteiger partial charge in [-0.25, -0.2) is 4.57 Å². The van der Waals surface area contributed by atoms with Gasteiger partial charge in [0.15, 0.2) is 0 Å². The lowest BCUT2D eigenvalue weighted by Crippen LogP contribution is -2.46. The number of hydrogen-bond donors (Lipinski definition) is 3. The van der Waals surface area contributed by atoms with Gasteiger partial charge in [-0.2, -0.15) is 0 Å². The summed E-state index contributed by atoms with van der Waals surface area (Å²) in [6.45, 7) is 4.89. The number of quaternary nitrogens is 1. The van der Waals surface area contributed by atoms with E-state index in [2.05, 4.69) is 19.2 Å². The summed E-state index contributed by atoms with van der Waals surface area (Å²) in [6.07, 6.45) is 38.5. The number of nitrogens with zero attached hydrogens (tertiary/aromatic N) is 1. The Hall–Kier alpha value is -0.500. The molecule has 0 aromatic carbocycles. The van der Waals surface area contributed by atoms with Crippen LogP contribution < -0.4 is 5.32 Å². The summed E-state index contributed by atoms with van der Waals surface area (Å²) in [5.74, 6) is -0.142. The van der Waals surface area contributed by atoms with Crippen molar-refractivity contribution in [2.75, 3.05) is 40.9 Å². The molecule has 0 aromatic heterocycles. The van der Waals surface area contributed by atoms with Crippen LogP contribution >= 0.6 is 7.82 Å². The zero-order valence-electron chi connectivity index (χ0n) is 35.3. The number of aliphatic hydroxyl groups is 1. The zero-order chi connectivity index (χ0) is 38.6. The molecule has 0 aliphatic heterocycles. The first kappa shape index (κ1) is 51.5. The summed E-state index contributed by atoms with van der Waals surface area (Å²) in [5.41, 5.74) is 0. The fourth-order valence-corrected chi connectivity index (χ4v) is 7.49. The number of rotatable bonds is 41. The topological polar surface area (TPSA) is 105 Å². The quantitative estimate of drug-likeness (QED) is 0.0325. The van der Waals surface area contributed by atoms with Gasteiger partial charge in [0, 0.05) is 6.42 Å². The number of nitrogens with one attached hydrogen (secondary N) is 1. The van der Waals surface area contributed by atoms with Crippen LogP contribution in [0.2, 0.25) is 0 Å². The van der Waals surface area contributed by atoms with Crippen molar-refractivity contribution >= 4 is 13.7 Å². The Morgan fingerprint density at radius 2 is 0.923 bits per heavy atom. The third-order valence-corrected chi connectivity index (χ3v) is 11.3. The molecule has 1 amide bonds. The summed E-state index contributed by atoms with van der Waals surface area (Å²) in [4.78, 5) is 23.1. The molecule has 52 heavy (non-hydrogen) atoms. The highest BCUT2D eigenvalue weighted by atomic mass is 31.2. The van der Waals surface area contributed by atoms with Crippen LogP contribution in [-0.4, -0.2) is 73.4 Å². The fourth-order valence-electron chi connectivity index (χ4n) is 6.75. The molecule has 0 aromatic rings. The Morgan fingerprint density at radius 3 is 1.29 bits per heavy atom. The SMILES string of the molecule is CCCCCCCCCCCCCCCCCCCCCCC(=O)NC(COP(=O)(O)OCC[N+](C)(C)C)C(O)CCCCCCCCCCCC.